The number of nitrogens with two attached hydrogens (primary N) is 1. The van der Waals surface area contributed by atoms with Crippen molar-refractivity contribution in [1.29, 1.82) is 0 Å². The maximum atomic E-state index is 11.0. The number of pyridine rings is 1. The lowest BCUT2D eigenvalue weighted by atomic mass is 9.95. The molecule has 0 aromatic carbocycles. The van der Waals surface area contributed by atoms with E-state index in [9.17, 15) is 10.1 Å². The van der Waals surface area contributed by atoms with Gasteiger partial charge in [0.2, 0.25) is 0 Å². The third-order valence-corrected chi connectivity index (χ3v) is 3.67. The second kappa shape index (κ2) is 5.97. The van der Waals surface area contributed by atoms with Gasteiger partial charge in [-0.15, -0.1) is 0 Å². The Hall–Kier alpha value is -1.69. The Kier molecular flexibility index (Phi) is 4.31. The summed E-state index contributed by atoms with van der Waals surface area (Å²) in [6, 6.07) is 1.58. The Bertz CT molecular complexity index is 462. The minimum absolute atomic E-state index is 0.144. The number of nitro groups is 1. The van der Waals surface area contributed by atoms with Gasteiger partial charge in [-0.1, -0.05) is 0 Å². The molecule has 19 heavy (non-hydrogen) atoms. The number of aryl methyl sites for hydroxylation is 1. The molecule has 1 saturated heterocycles. The third kappa shape index (κ3) is 3.20. The summed E-state index contributed by atoms with van der Waals surface area (Å²) in [7, 11) is 0. The summed E-state index contributed by atoms with van der Waals surface area (Å²) in [5.74, 6) is 1.28. The highest BCUT2D eigenvalue weighted by Crippen LogP contribution is 2.27. The highest BCUT2D eigenvalue weighted by molar-refractivity contribution is 5.50. The van der Waals surface area contributed by atoms with Crippen LogP contribution >= 0.6 is 0 Å². The van der Waals surface area contributed by atoms with E-state index in [1.807, 2.05) is 0 Å². The average molecular weight is 264 g/mol. The Morgan fingerprint density at radius 3 is 3.11 bits per heavy atom. The SMILES string of the molecule is Cc1cnc(N2CCCC(CCN)C2)cc1[N+](=O)[O-]. The van der Waals surface area contributed by atoms with Crippen molar-refractivity contribution in [1.82, 2.24) is 4.98 Å². The number of aromatic nitrogens is 1. The summed E-state index contributed by atoms with van der Waals surface area (Å²) in [6.07, 6.45) is 4.86. The van der Waals surface area contributed by atoms with Gasteiger partial charge in [0.25, 0.3) is 5.69 Å². The van der Waals surface area contributed by atoms with Crippen LogP contribution in [0, 0.1) is 23.0 Å². The first-order valence-corrected chi connectivity index (χ1v) is 6.68. The Labute approximate surface area is 112 Å². The van der Waals surface area contributed by atoms with Crippen LogP contribution in [0.4, 0.5) is 11.5 Å². The van der Waals surface area contributed by atoms with Crippen molar-refractivity contribution in [2.45, 2.75) is 26.2 Å². The summed E-state index contributed by atoms with van der Waals surface area (Å²) in [6.45, 7) is 4.21. The molecular weight excluding hydrogens is 244 g/mol. The first-order chi connectivity index (χ1) is 9.11. The van der Waals surface area contributed by atoms with Crippen molar-refractivity contribution in [3.8, 4) is 0 Å². The zero-order valence-electron chi connectivity index (χ0n) is 11.2. The summed E-state index contributed by atoms with van der Waals surface area (Å²) >= 11 is 0. The molecule has 1 fully saturated rings. The lowest BCUT2D eigenvalue weighted by molar-refractivity contribution is -0.385. The van der Waals surface area contributed by atoms with Crippen LogP contribution in [-0.4, -0.2) is 29.5 Å². The smallest absolute Gasteiger partial charge is 0.277 e. The van der Waals surface area contributed by atoms with Crippen molar-refractivity contribution in [2.75, 3.05) is 24.5 Å². The number of hydrogen-bond acceptors (Lipinski definition) is 5. The average Bonchev–Trinajstić information content (AvgIpc) is 2.39. The van der Waals surface area contributed by atoms with Crippen LogP contribution in [0.3, 0.4) is 0 Å². The van der Waals surface area contributed by atoms with Crippen LogP contribution in [0.25, 0.3) is 0 Å². The van der Waals surface area contributed by atoms with E-state index in [1.165, 1.54) is 6.42 Å². The maximum Gasteiger partial charge on any atom is 0.277 e. The first-order valence-electron chi connectivity index (χ1n) is 6.68. The van der Waals surface area contributed by atoms with Gasteiger partial charge in [0.15, 0.2) is 0 Å². The molecular formula is C13H20N4O2. The summed E-state index contributed by atoms with van der Waals surface area (Å²) < 4.78 is 0. The highest BCUT2D eigenvalue weighted by atomic mass is 16.6. The minimum Gasteiger partial charge on any atom is -0.356 e. The number of rotatable bonds is 4. The standard InChI is InChI=1S/C13H20N4O2/c1-10-8-15-13(7-12(10)17(18)19)16-6-2-3-11(9-16)4-5-14/h7-8,11H,2-6,9,14H2,1H3. The summed E-state index contributed by atoms with van der Waals surface area (Å²) in [5, 5.41) is 11.0. The molecule has 0 saturated carbocycles. The van der Waals surface area contributed by atoms with Crippen molar-refractivity contribution in [2.24, 2.45) is 11.7 Å². The van der Waals surface area contributed by atoms with E-state index < -0.39 is 0 Å². The molecule has 0 aliphatic carbocycles. The number of hydrogen-bond donors (Lipinski definition) is 1. The molecule has 1 aromatic rings. The van der Waals surface area contributed by atoms with Crippen LogP contribution in [0.1, 0.15) is 24.8 Å². The van der Waals surface area contributed by atoms with Crippen molar-refractivity contribution in [3.05, 3.63) is 27.9 Å². The molecule has 1 unspecified atom stereocenters. The monoisotopic (exact) mass is 264 g/mol. The van der Waals surface area contributed by atoms with Gasteiger partial charge in [-0.25, -0.2) is 4.98 Å². The van der Waals surface area contributed by atoms with Crippen LogP contribution in [0.2, 0.25) is 0 Å². The Balaban J connectivity index is 2.17. The predicted molar refractivity (Wildman–Crippen MR) is 74.2 cm³/mol. The second-order valence-corrected chi connectivity index (χ2v) is 5.12. The van der Waals surface area contributed by atoms with Gasteiger partial charge in [0.05, 0.1) is 11.0 Å². The van der Waals surface area contributed by atoms with E-state index in [0.717, 1.165) is 25.9 Å². The minimum atomic E-state index is -0.345. The first kappa shape index (κ1) is 13.7. The molecule has 1 aromatic heterocycles. The fourth-order valence-electron chi connectivity index (χ4n) is 2.62. The van der Waals surface area contributed by atoms with E-state index in [0.29, 0.717) is 23.8 Å². The van der Waals surface area contributed by atoms with Crippen LogP contribution in [-0.2, 0) is 0 Å². The Morgan fingerprint density at radius 2 is 2.42 bits per heavy atom. The maximum absolute atomic E-state index is 11.0. The molecule has 0 amide bonds. The molecule has 1 atom stereocenters. The molecule has 6 nitrogen and oxygen atoms in total. The fourth-order valence-corrected chi connectivity index (χ4v) is 2.62. The van der Waals surface area contributed by atoms with Gasteiger partial charge < -0.3 is 10.6 Å². The van der Waals surface area contributed by atoms with Gasteiger partial charge in [0.1, 0.15) is 5.82 Å². The van der Waals surface area contributed by atoms with E-state index in [4.69, 9.17) is 5.73 Å². The molecule has 2 N–H and O–H groups in total. The summed E-state index contributed by atoms with van der Waals surface area (Å²) in [5.41, 5.74) is 6.35. The largest absolute Gasteiger partial charge is 0.356 e. The number of piperidine rings is 1. The zero-order chi connectivity index (χ0) is 13.8. The van der Waals surface area contributed by atoms with E-state index >= 15 is 0 Å². The molecule has 0 bridgehead atoms. The predicted octanol–water partition coefficient (Wildman–Crippen LogP) is 1.86. The molecule has 1 aliphatic heterocycles. The highest BCUT2D eigenvalue weighted by Gasteiger charge is 2.22. The van der Waals surface area contributed by atoms with Crippen molar-refractivity contribution < 1.29 is 4.92 Å². The molecule has 2 rings (SSSR count). The van der Waals surface area contributed by atoms with E-state index in [-0.39, 0.29) is 10.6 Å². The third-order valence-electron chi connectivity index (χ3n) is 3.67. The molecule has 1 aliphatic rings. The van der Waals surface area contributed by atoms with Crippen molar-refractivity contribution in [3.63, 3.8) is 0 Å². The van der Waals surface area contributed by atoms with Gasteiger partial charge >= 0.3 is 0 Å². The number of anilines is 1. The van der Waals surface area contributed by atoms with Crippen LogP contribution < -0.4 is 10.6 Å². The lowest BCUT2D eigenvalue weighted by Crippen LogP contribution is -2.36. The lowest BCUT2D eigenvalue weighted by Gasteiger charge is -2.33. The quantitative estimate of drug-likeness (QED) is 0.662. The molecule has 0 spiro atoms. The second-order valence-electron chi connectivity index (χ2n) is 5.12. The van der Waals surface area contributed by atoms with Crippen LogP contribution in [0.15, 0.2) is 12.3 Å². The van der Waals surface area contributed by atoms with Gasteiger partial charge in [-0.3, -0.25) is 10.1 Å². The summed E-state index contributed by atoms with van der Waals surface area (Å²) in [4.78, 5) is 17.1. The van der Waals surface area contributed by atoms with Crippen LogP contribution in [0.5, 0.6) is 0 Å². The molecule has 104 valence electrons. The van der Waals surface area contributed by atoms with Gasteiger partial charge in [-0.2, -0.15) is 0 Å². The fraction of sp³-hybridized carbons (Fsp3) is 0.615. The van der Waals surface area contributed by atoms with E-state index in [1.54, 1.807) is 19.2 Å². The zero-order valence-corrected chi connectivity index (χ0v) is 11.2. The van der Waals surface area contributed by atoms with Crippen molar-refractivity contribution >= 4 is 11.5 Å². The van der Waals surface area contributed by atoms with Gasteiger partial charge in [0, 0.05) is 24.8 Å². The molecule has 2 heterocycles. The van der Waals surface area contributed by atoms with Gasteiger partial charge in [-0.05, 0) is 38.6 Å². The number of nitrogens with zero attached hydrogens (tertiary/aromatic N) is 3. The molecule has 0 radical (unpaired) electrons. The van der Waals surface area contributed by atoms with E-state index in [2.05, 4.69) is 9.88 Å². The Morgan fingerprint density at radius 1 is 1.63 bits per heavy atom. The molecule has 6 heteroatoms. The normalized spacial score (nSPS) is 19.5. The topological polar surface area (TPSA) is 85.3 Å².